The zero-order chi connectivity index (χ0) is 10.3. The van der Waals surface area contributed by atoms with Crippen LogP contribution in [-0.4, -0.2) is 26.7 Å². The smallest absolute Gasteiger partial charge is 0.348 e. The number of halogens is 1. The van der Waals surface area contributed by atoms with E-state index in [0.29, 0.717) is 16.0 Å². The van der Waals surface area contributed by atoms with E-state index in [-0.39, 0.29) is 10.5 Å². The molecular formula is C6H5BrN4O2S. The third kappa shape index (κ3) is 1.26. The third-order valence-electron chi connectivity index (χ3n) is 1.65. The number of aromatic amines is 2. The quantitative estimate of drug-likeness (QED) is 0.758. The fourth-order valence-electron chi connectivity index (χ4n) is 1.06. The van der Waals surface area contributed by atoms with Crippen molar-refractivity contribution in [3.63, 3.8) is 0 Å². The molecule has 0 saturated heterocycles. The van der Waals surface area contributed by atoms with Gasteiger partial charge >= 0.3 is 5.69 Å². The minimum Gasteiger partial charge on any atom is -0.480 e. The summed E-state index contributed by atoms with van der Waals surface area (Å²) in [6.07, 6.45) is 0. The van der Waals surface area contributed by atoms with Crippen molar-refractivity contribution in [1.82, 2.24) is 19.6 Å². The maximum Gasteiger partial charge on any atom is 0.348 e. The molecule has 2 aromatic rings. The molecule has 0 saturated carbocycles. The van der Waals surface area contributed by atoms with Gasteiger partial charge in [-0.25, -0.2) is 4.79 Å². The van der Waals surface area contributed by atoms with Crippen LogP contribution in [0.1, 0.15) is 0 Å². The fourth-order valence-corrected chi connectivity index (χ4v) is 1.75. The number of ether oxygens (including phenoxy) is 1. The molecule has 2 aromatic heterocycles. The number of fused-ring (bicyclic) bond motifs is 1. The summed E-state index contributed by atoms with van der Waals surface area (Å²) in [5.41, 5.74) is 0.0135. The van der Waals surface area contributed by atoms with Crippen LogP contribution in [-0.2, 0) is 0 Å². The first-order valence-electron chi connectivity index (χ1n) is 3.58. The van der Waals surface area contributed by atoms with Gasteiger partial charge in [-0.15, -0.1) is 0 Å². The van der Waals surface area contributed by atoms with Gasteiger partial charge in [0.15, 0.2) is 5.65 Å². The molecule has 2 rings (SSSR count). The lowest BCUT2D eigenvalue weighted by atomic mass is 10.6. The monoisotopic (exact) mass is 276 g/mol. The number of methoxy groups -OCH3 is 1. The van der Waals surface area contributed by atoms with Gasteiger partial charge in [-0.05, 0) is 28.1 Å². The number of rotatable bonds is 1. The molecule has 0 aliphatic heterocycles. The molecule has 2 heterocycles. The van der Waals surface area contributed by atoms with Gasteiger partial charge in [-0.3, -0.25) is 10.1 Å². The minimum absolute atomic E-state index is 0.136. The van der Waals surface area contributed by atoms with Crippen molar-refractivity contribution in [1.29, 1.82) is 0 Å². The summed E-state index contributed by atoms with van der Waals surface area (Å²) in [7, 11) is 1.48. The van der Waals surface area contributed by atoms with Crippen LogP contribution in [0.25, 0.3) is 5.65 Å². The molecule has 0 aliphatic carbocycles. The summed E-state index contributed by atoms with van der Waals surface area (Å²) >= 11 is 8.02. The number of nitrogens with one attached hydrogen (secondary N) is 2. The molecule has 6 nitrogen and oxygen atoms in total. The molecule has 0 fully saturated rings. The molecule has 0 unspecified atom stereocenters. The number of hydrogen-bond acceptors (Lipinski definition) is 4. The molecule has 0 amide bonds. The molecule has 0 spiro atoms. The van der Waals surface area contributed by atoms with Gasteiger partial charge in [0, 0.05) is 0 Å². The van der Waals surface area contributed by atoms with Gasteiger partial charge in [0.05, 0.1) is 7.11 Å². The van der Waals surface area contributed by atoms with E-state index in [0.717, 1.165) is 0 Å². The molecule has 0 atom stereocenters. The third-order valence-corrected chi connectivity index (χ3v) is 2.56. The first-order chi connectivity index (χ1) is 6.63. The SMILES string of the molecule is COc1[nH]n2c(=O)[nH]c(=S)nc2c1Br. The standard InChI is InChI=1S/C6H5BrN4O2S/c1-13-4-2(7)3-8-5(14)9-6(12)11(3)10-4/h10H,1H3,(H,9,12,14). The van der Waals surface area contributed by atoms with Crippen molar-refractivity contribution < 1.29 is 4.74 Å². The Bertz CT molecular complexity index is 598. The highest BCUT2D eigenvalue weighted by molar-refractivity contribution is 9.10. The highest BCUT2D eigenvalue weighted by atomic mass is 79.9. The summed E-state index contributed by atoms with van der Waals surface area (Å²) < 4.78 is 6.89. The van der Waals surface area contributed by atoms with Crippen molar-refractivity contribution in [2.24, 2.45) is 0 Å². The highest BCUT2D eigenvalue weighted by Gasteiger charge is 2.11. The second kappa shape index (κ2) is 3.21. The zero-order valence-corrected chi connectivity index (χ0v) is 9.40. The maximum absolute atomic E-state index is 11.4. The molecule has 0 aliphatic rings. The highest BCUT2D eigenvalue weighted by Crippen LogP contribution is 2.25. The number of H-pyrrole nitrogens is 2. The van der Waals surface area contributed by atoms with Crippen molar-refractivity contribution >= 4 is 33.8 Å². The Labute approximate surface area is 91.0 Å². The summed E-state index contributed by atoms with van der Waals surface area (Å²) in [6.45, 7) is 0. The second-order valence-corrected chi connectivity index (χ2v) is 3.64. The molecule has 8 heteroatoms. The predicted octanol–water partition coefficient (Wildman–Crippen LogP) is 0.851. The van der Waals surface area contributed by atoms with Gasteiger partial charge in [0.25, 0.3) is 0 Å². The summed E-state index contributed by atoms with van der Waals surface area (Å²) in [5.74, 6) is 0.420. The van der Waals surface area contributed by atoms with Gasteiger partial charge in [-0.1, -0.05) is 0 Å². The van der Waals surface area contributed by atoms with Crippen molar-refractivity contribution in [2.75, 3.05) is 7.11 Å². The van der Waals surface area contributed by atoms with Crippen molar-refractivity contribution in [3.05, 3.63) is 19.7 Å². The van der Waals surface area contributed by atoms with Crippen molar-refractivity contribution in [2.45, 2.75) is 0 Å². The number of hydrogen-bond donors (Lipinski definition) is 2. The second-order valence-electron chi connectivity index (χ2n) is 2.47. The normalized spacial score (nSPS) is 10.7. The van der Waals surface area contributed by atoms with Gasteiger partial charge < -0.3 is 4.74 Å². The molecular weight excluding hydrogens is 272 g/mol. The van der Waals surface area contributed by atoms with E-state index in [2.05, 4.69) is 31.0 Å². The number of nitrogens with zero attached hydrogens (tertiary/aromatic N) is 2. The lowest BCUT2D eigenvalue weighted by molar-refractivity contribution is 0.392. The molecule has 74 valence electrons. The largest absolute Gasteiger partial charge is 0.480 e. The minimum atomic E-state index is -0.385. The average Bonchev–Trinajstić information content (AvgIpc) is 2.44. The zero-order valence-electron chi connectivity index (χ0n) is 7.00. The van der Waals surface area contributed by atoms with E-state index >= 15 is 0 Å². The Kier molecular flexibility index (Phi) is 2.16. The van der Waals surface area contributed by atoms with E-state index in [1.807, 2.05) is 0 Å². The van der Waals surface area contributed by atoms with Crippen LogP contribution in [0.4, 0.5) is 0 Å². The van der Waals surface area contributed by atoms with E-state index < -0.39 is 0 Å². The first kappa shape index (κ1) is 9.41. The van der Waals surface area contributed by atoms with Crippen LogP contribution in [0.3, 0.4) is 0 Å². The molecule has 2 N–H and O–H groups in total. The van der Waals surface area contributed by atoms with E-state index in [1.54, 1.807) is 0 Å². The summed E-state index contributed by atoms with van der Waals surface area (Å²) in [4.78, 5) is 17.7. The summed E-state index contributed by atoms with van der Waals surface area (Å²) in [5, 5.41) is 2.70. The molecule has 0 radical (unpaired) electrons. The fraction of sp³-hybridized carbons (Fsp3) is 0.167. The van der Waals surface area contributed by atoms with Gasteiger partial charge in [0.2, 0.25) is 10.7 Å². The van der Waals surface area contributed by atoms with E-state index in [9.17, 15) is 4.79 Å². The Balaban J connectivity index is 2.99. The number of aromatic nitrogens is 4. The molecule has 0 aromatic carbocycles. The molecule has 0 bridgehead atoms. The van der Waals surface area contributed by atoms with Crippen molar-refractivity contribution in [3.8, 4) is 5.88 Å². The lowest BCUT2D eigenvalue weighted by Crippen LogP contribution is -2.18. The van der Waals surface area contributed by atoms with E-state index in [1.165, 1.54) is 11.6 Å². The topological polar surface area (TPSA) is 75.2 Å². The van der Waals surface area contributed by atoms with Gasteiger partial charge in [-0.2, -0.15) is 9.50 Å². The molecule has 14 heavy (non-hydrogen) atoms. The van der Waals surface area contributed by atoms with Crippen LogP contribution in [0.5, 0.6) is 5.88 Å². The van der Waals surface area contributed by atoms with Crippen LogP contribution in [0.2, 0.25) is 0 Å². The first-order valence-corrected chi connectivity index (χ1v) is 4.78. The summed E-state index contributed by atoms with van der Waals surface area (Å²) in [6, 6.07) is 0. The Morgan fingerprint density at radius 2 is 2.36 bits per heavy atom. The lowest BCUT2D eigenvalue weighted by Gasteiger charge is -1.91. The van der Waals surface area contributed by atoms with Crippen LogP contribution >= 0.6 is 28.1 Å². The van der Waals surface area contributed by atoms with Crippen LogP contribution in [0, 0.1) is 4.77 Å². The maximum atomic E-state index is 11.4. The Morgan fingerprint density at radius 1 is 1.64 bits per heavy atom. The average molecular weight is 277 g/mol. The Morgan fingerprint density at radius 3 is 3.00 bits per heavy atom. The van der Waals surface area contributed by atoms with E-state index in [4.69, 9.17) is 17.0 Å². The van der Waals surface area contributed by atoms with Gasteiger partial charge in [0.1, 0.15) is 4.47 Å². The predicted molar refractivity (Wildman–Crippen MR) is 55.2 cm³/mol. The van der Waals surface area contributed by atoms with Crippen LogP contribution < -0.4 is 10.4 Å². The Hall–Kier alpha value is -1.15. The van der Waals surface area contributed by atoms with Crippen LogP contribution in [0.15, 0.2) is 9.27 Å².